The predicted octanol–water partition coefficient (Wildman–Crippen LogP) is 5.09. The summed E-state index contributed by atoms with van der Waals surface area (Å²) >= 11 is 0. The Balaban J connectivity index is 1.60. The van der Waals surface area contributed by atoms with Gasteiger partial charge in [-0.2, -0.15) is 0 Å². The van der Waals surface area contributed by atoms with E-state index in [0.717, 1.165) is 39.0 Å². The number of para-hydroxylation sites is 1. The third-order valence-corrected chi connectivity index (χ3v) is 5.43. The summed E-state index contributed by atoms with van der Waals surface area (Å²) in [6, 6.07) is 36.8. The van der Waals surface area contributed by atoms with Gasteiger partial charge in [-0.15, -0.1) is 0 Å². The van der Waals surface area contributed by atoms with Gasteiger partial charge >= 0.3 is 0 Å². The second-order valence-electron chi connectivity index (χ2n) is 7.53. The number of nitrogens with zero attached hydrogens (tertiary/aromatic N) is 1. The molecule has 0 aliphatic rings. The Morgan fingerprint density at radius 2 is 1.31 bits per heavy atom. The standard InChI is InChI=1S/C28H21NO3/c30-28(31)19-32-25-14-13-21-17-23(12-11-22(21)18-25)27-16-15-26(20-7-3-1-4-8-20)29(27)24-9-5-2-6-10-24/h1-18H,19H2,(H,30,31)/p-1. The van der Waals surface area contributed by atoms with Crippen molar-refractivity contribution in [1.29, 1.82) is 0 Å². The van der Waals surface area contributed by atoms with Crippen LogP contribution < -0.4 is 9.84 Å². The molecule has 4 nitrogen and oxygen atoms in total. The molecular formula is C28H20NO3-. The van der Waals surface area contributed by atoms with Gasteiger partial charge in [0.05, 0.1) is 17.4 Å². The summed E-state index contributed by atoms with van der Waals surface area (Å²) in [6.45, 7) is -0.462. The van der Waals surface area contributed by atoms with Crippen LogP contribution >= 0.6 is 0 Å². The van der Waals surface area contributed by atoms with Crippen molar-refractivity contribution in [2.45, 2.75) is 0 Å². The van der Waals surface area contributed by atoms with Crippen LogP contribution in [0.4, 0.5) is 0 Å². The number of carboxylic acids is 1. The minimum atomic E-state index is -1.24. The molecule has 1 heterocycles. The molecule has 1 aromatic heterocycles. The van der Waals surface area contributed by atoms with Crippen molar-refractivity contribution in [3.63, 3.8) is 0 Å². The molecule has 0 radical (unpaired) electrons. The first-order chi connectivity index (χ1) is 15.7. The molecule has 0 atom stereocenters. The molecule has 4 heteroatoms. The molecule has 4 aromatic carbocycles. The minimum Gasteiger partial charge on any atom is -0.546 e. The van der Waals surface area contributed by atoms with E-state index in [-0.39, 0.29) is 0 Å². The van der Waals surface area contributed by atoms with Crippen molar-refractivity contribution >= 4 is 16.7 Å². The molecule has 0 bridgehead atoms. The number of ether oxygens (including phenoxy) is 1. The Hall–Kier alpha value is -4.31. The first-order valence-corrected chi connectivity index (χ1v) is 10.4. The number of carbonyl (C=O) groups is 1. The molecule has 0 unspecified atom stereocenters. The van der Waals surface area contributed by atoms with E-state index in [4.69, 9.17) is 4.74 Å². The first kappa shape index (κ1) is 19.6. The quantitative estimate of drug-likeness (QED) is 0.386. The third-order valence-electron chi connectivity index (χ3n) is 5.43. The zero-order chi connectivity index (χ0) is 21.9. The second kappa shape index (κ2) is 8.44. The Kier molecular flexibility index (Phi) is 5.18. The summed E-state index contributed by atoms with van der Waals surface area (Å²) < 4.78 is 7.53. The Morgan fingerprint density at radius 1 is 0.688 bits per heavy atom. The first-order valence-electron chi connectivity index (χ1n) is 10.4. The van der Waals surface area contributed by atoms with Crippen LogP contribution in [0.1, 0.15) is 0 Å². The molecule has 0 aliphatic carbocycles. The van der Waals surface area contributed by atoms with Gasteiger partial charge in [0.2, 0.25) is 0 Å². The van der Waals surface area contributed by atoms with E-state index in [9.17, 15) is 9.90 Å². The average molecular weight is 418 g/mol. The highest BCUT2D eigenvalue weighted by molar-refractivity contribution is 5.89. The molecular weight excluding hydrogens is 398 g/mol. The van der Waals surface area contributed by atoms with E-state index in [2.05, 4.69) is 53.1 Å². The van der Waals surface area contributed by atoms with Crippen molar-refractivity contribution in [1.82, 2.24) is 4.57 Å². The van der Waals surface area contributed by atoms with Crippen LogP contribution in [0.2, 0.25) is 0 Å². The van der Waals surface area contributed by atoms with Crippen LogP contribution in [-0.2, 0) is 4.79 Å². The summed E-state index contributed by atoms with van der Waals surface area (Å²) in [6.07, 6.45) is 0. The van der Waals surface area contributed by atoms with Crippen molar-refractivity contribution in [3.05, 3.63) is 109 Å². The molecule has 5 rings (SSSR count). The summed E-state index contributed by atoms with van der Waals surface area (Å²) in [5.74, 6) is -0.732. The van der Waals surface area contributed by atoms with Gasteiger partial charge in [-0.3, -0.25) is 0 Å². The summed E-state index contributed by atoms with van der Waals surface area (Å²) in [4.78, 5) is 10.7. The highest BCUT2D eigenvalue weighted by Crippen LogP contribution is 2.34. The lowest BCUT2D eigenvalue weighted by atomic mass is 10.0. The van der Waals surface area contributed by atoms with Gasteiger partial charge in [0.1, 0.15) is 12.4 Å². The van der Waals surface area contributed by atoms with Gasteiger partial charge in [-0.05, 0) is 64.4 Å². The highest BCUT2D eigenvalue weighted by Gasteiger charge is 2.14. The van der Waals surface area contributed by atoms with Crippen LogP contribution in [-0.4, -0.2) is 17.1 Å². The largest absolute Gasteiger partial charge is 0.546 e. The monoisotopic (exact) mass is 418 g/mol. The summed E-state index contributed by atoms with van der Waals surface area (Å²) in [7, 11) is 0. The van der Waals surface area contributed by atoms with Gasteiger partial charge in [0.25, 0.3) is 0 Å². The van der Waals surface area contributed by atoms with Crippen molar-refractivity contribution in [2.75, 3.05) is 6.61 Å². The highest BCUT2D eigenvalue weighted by atomic mass is 16.5. The zero-order valence-corrected chi connectivity index (χ0v) is 17.3. The Labute approximate surface area is 186 Å². The summed E-state index contributed by atoms with van der Waals surface area (Å²) in [5.41, 5.74) is 5.55. The van der Waals surface area contributed by atoms with Gasteiger partial charge in [-0.1, -0.05) is 66.7 Å². The second-order valence-corrected chi connectivity index (χ2v) is 7.53. The van der Waals surface area contributed by atoms with E-state index in [1.54, 1.807) is 6.07 Å². The van der Waals surface area contributed by atoms with Gasteiger partial charge in [-0.25, -0.2) is 0 Å². The lowest BCUT2D eigenvalue weighted by molar-refractivity contribution is -0.307. The Bertz CT molecular complexity index is 1390. The predicted molar refractivity (Wildman–Crippen MR) is 125 cm³/mol. The molecule has 5 aromatic rings. The van der Waals surface area contributed by atoms with Gasteiger partial charge in [0, 0.05) is 5.69 Å². The molecule has 156 valence electrons. The number of benzene rings is 4. The maximum atomic E-state index is 10.7. The van der Waals surface area contributed by atoms with E-state index in [1.165, 1.54) is 0 Å². The molecule has 0 saturated carbocycles. The molecule has 0 saturated heterocycles. The molecule has 0 amide bonds. The number of rotatable bonds is 6. The molecule has 0 fully saturated rings. The molecule has 0 aliphatic heterocycles. The molecule has 0 spiro atoms. The Morgan fingerprint density at radius 3 is 2.03 bits per heavy atom. The lowest BCUT2D eigenvalue weighted by Gasteiger charge is -2.15. The van der Waals surface area contributed by atoms with E-state index in [0.29, 0.717) is 5.75 Å². The van der Waals surface area contributed by atoms with Crippen LogP contribution in [0.5, 0.6) is 5.75 Å². The van der Waals surface area contributed by atoms with Gasteiger partial charge in [0.15, 0.2) is 0 Å². The number of carboxylic acid groups (broad SMARTS) is 1. The number of carbonyl (C=O) groups excluding carboxylic acids is 1. The third kappa shape index (κ3) is 3.86. The van der Waals surface area contributed by atoms with Crippen molar-refractivity contribution in [3.8, 4) is 34.0 Å². The summed E-state index contributed by atoms with van der Waals surface area (Å²) in [5, 5.41) is 12.7. The van der Waals surface area contributed by atoms with Crippen molar-refractivity contribution < 1.29 is 14.6 Å². The number of fused-ring (bicyclic) bond motifs is 1. The van der Waals surface area contributed by atoms with Gasteiger partial charge < -0.3 is 19.2 Å². The number of hydrogen-bond donors (Lipinski definition) is 0. The fourth-order valence-electron chi connectivity index (χ4n) is 3.97. The minimum absolute atomic E-state index is 0.462. The van der Waals surface area contributed by atoms with E-state index in [1.807, 2.05) is 54.6 Å². The van der Waals surface area contributed by atoms with Crippen LogP contribution in [0.3, 0.4) is 0 Å². The van der Waals surface area contributed by atoms with E-state index >= 15 is 0 Å². The lowest BCUT2D eigenvalue weighted by Crippen LogP contribution is -2.28. The fourth-order valence-corrected chi connectivity index (χ4v) is 3.97. The topological polar surface area (TPSA) is 54.3 Å². The molecule has 0 N–H and O–H groups in total. The van der Waals surface area contributed by atoms with Crippen LogP contribution in [0.15, 0.2) is 109 Å². The van der Waals surface area contributed by atoms with E-state index < -0.39 is 12.6 Å². The normalized spacial score (nSPS) is 10.9. The molecule has 32 heavy (non-hydrogen) atoms. The maximum absolute atomic E-state index is 10.7. The average Bonchev–Trinajstić information content (AvgIpc) is 3.28. The fraction of sp³-hybridized carbons (Fsp3) is 0.0357. The van der Waals surface area contributed by atoms with Crippen LogP contribution in [0, 0.1) is 0 Å². The number of hydrogen-bond acceptors (Lipinski definition) is 3. The maximum Gasteiger partial charge on any atom is 0.128 e. The van der Waals surface area contributed by atoms with Crippen molar-refractivity contribution in [2.24, 2.45) is 0 Å². The number of aliphatic carboxylic acids is 1. The zero-order valence-electron chi connectivity index (χ0n) is 17.3. The number of aromatic nitrogens is 1. The SMILES string of the molecule is O=C([O-])COc1ccc2cc(-c3ccc(-c4ccccc4)n3-c3ccccc3)ccc2c1. The van der Waals surface area contributed by atoms with Crippen LogP contribution in [0.25, 0.3) is 39.0 Å². The smallest absolute Gasteiger partial charge is 0.128 e.